The number of halogens is 1. The Balaban J connectivity index is 1.85. The number of hydrogen-bond donors (Lipinski definition) is 0. The number of benzene rings is 2. The molecule has 150 valence electrons. The number of carbonyl (C=O) groups excluding carboxylic acids is 1. The summed E-state index contributed by atoms with van der Waals surface area (Å²) in [5.74, 6) is -0.620. The third-order valence-electron chi connectivity index (χ3n) is 3.68. The summed E-state index contributed by atoms with van der Waals surface area (Å²) in [5, 5.41) is 19.3. The molecule has 0 aliphatic heterocycles. The summed E-state index contributed by atoms with van der Waals surface area (Å²) in [5.41, 5.74) is 1.08. The average molecular weight is 415 g/mol. The second-order valence-corrected chi connectivity index (χ2v) is 6.61. The highest BCUT2D eigenvalue weighted by atomic mass is 32.2. The van der Waals surface area contributed by atoms with E-state index in [-0.39, 0.29) is 16.0 Å². The molecule has 0 aliphatic rings. The third-order valence-corrected chi connectivity index (χ3v) is 4.53. The minimum atomic E-state index is -1.40. The van der Waals surface area contributed by atoms with Crippen LogP contribution in [0.1, 0.15) is 12.5 Å². The van der Waals surface area contributed by atoms with E-state index in [1.54, 1.807) is 18.2 Å². The highest BCUT2D eigenvalue weighted by Crippen LogP contribution is 2.32. The van der Waals surface area contributed by atoms with E-state index in [1.807, 2.05) is 6.92 Å². The maximum absolute atomic E-state index is 13.0. The number of hydrogen-bond acceptors (Lipinski definition) is 8. The molecule has 2 aromatic carbocycles. The number of nitrogens with zero attached hydrogens (tertiary/aromatic N) is 2. The summed E-state index contributed by atoms with van der Waals surface area (Å²) in [6.07, 6.45) is 1.41. The number of rotatable bonds is 8. The molecule has 0 aliphatic carbocycles. The van der Waals surface area contributed by atoms with E-state index in [9.17, 15) is 14.3 Å². The van der Waals surface area contributed by atoms with E-state index < -0.39 is 11.8 Å². The number of carboxylic acids is 1. The van der Waals surface area contributed by atoms with Crippen LogP contribution in [0.15, 0.2) is 57.0 Å². The Kier molecular flexibility index (Phi) is 6.50. The summed E-state index contributed by atoms with van der Waals surface area (Å²) in [4.78, 5) is 11.4. The molecule has 1 aromatic heterocycles. The van der Waals surface area contributed by atoms with Gasteiger partial charge in [-0.25, -0.2) is 4.39 Å². The second-order valence-electron chi connectivity index (χ2n) is 5.62. The topological polar surface area (TPSA) is 97.5 Å². The van der Waals surface area contributed by atoms with Gasteiger partial charge in [0.2, 0.25) is 5.89 Å². The van der Waals surface area contributed by atoms with Gasteiger partial charge in [0.1, 0.15) is 5.82 Å². The van der Waals surface area contributed by atoms with E-state index in [4.69, 9.17) is 13.9 Å². The summed E-state index contributed by atoms with van der Waals surface area (Å²) in [6.45, 7) is 2.26. The fourth-order valence-electron chi connectivity index (χ4n) is 2.39. The molecule has 1 heterocycles. The summed E-state index contributed by atoms with van der Waals surface area (Å²) >= 11 is 0.752. The van der Waals surface area contributed by atoms with Gasteiger partial charge in [0.15, 0.2) is 11.5 Å². The van der Waals surface area contributed by atoms with E-state index >= 15 is 0 Å². The van der Waals surface area contributed by atoms with Crippen molar-refractivity contribution in [3.8, 4) is 23.0 Å². The molecule has 3 rings (SSSR count). The maximum Gasteiger partial charge on any atom is 0.281 e. The van der Waals surface area contributed by atoms with Crippen LogP contribution in [-0.2, 0) is 4.79 Å². The summed E-state index contributed by atoms with van der Waals surface area (Å²) in [6, 6.07) is 10.5. The molecule has 0 radical (unpaired) electrons. The van der Waals surface area contributed by atoms with Gasteiger partial charge < -0.3 is 23.8 Å². The predicted molar refractivity (Wildman–Crippen MR) is 103 cm³/mol. The summed E-state index contributed by atoms with van der Waals surface area (Å²) < 4.78 is 29.2. The van der Waals surface area contributed by atoms with Crippen molar-refractivity contribution in [2.75, 3.05) is 13.7 Å². The van der Waals surface area contributed by atoms with Gasteiger partial charge in [-0.05, 0) is 66.7 Å². The van der Waals surface area contributed by atoms with Crippen LogP contribution in [0.5, 0.6) is 11.5 Å². The Morgan fingerprint density at radius 1 is 1.21 bits per heavy atom. The van der Waals surface area contributed by atoms with Crippen LogP contribution in [-0.4, -0.2) is 29.9 Å². The molecule has 29 heavy (non-hydrogen) atoms. The van der Waals surface area contributed by atoms with Crippen LogP contribution in [0.25, 0.3) is 17.5 Å². The second kappa shape index (κ2) is 9.24. The molecule has 0 fully saturated rings. The molecule has 0 bridgehead atoms. The van der Waals surface area contributed by atoms with Gasteiger partial charge in [0, 0.05) is 10.5 Å². The Morgan fingerprint density at radius 2 is 1.97 bits per heavy atom. The minimum absolute atomic E-state index is 0.0123. The average Bonchev–Trinajstić information content (AvgIpc) is 3.17. The molecule has 9 heteroatoms. The number of thioether (sulfide) groups is 1. The predicted octanol–water partition coefficient (Wildman–Crippen LogP) is 3.17. The SMILES string of the molecule is CCOc1cc(/C=C(/Sc2nnc(-c3ccc(F)cc3)o2)C(=O)[O-])ccc1OC. The molecule has 0 spiro atoms. The lowest BCUT2D eigenvalue weighted by Gasteiger charge is -2.11. The third kappa shape index (κ3) is 5.14. The minimum Gasteiger partial charge on any atom is -0.544 e. The van der Waals surface area contributed by atoms with Gasteiger partial charge in [-0.3, -0.25) is 0 Å². The molecule has 0 saturated heterocycles. The zero-order chi connectivity index (χ0) is 20.8. The first-order valence-electron chi connectivity index (χ1n) is 8.51. The van der Waals surface area contributed by atoms with Gasteiger partial charge in [-0.15, -0.1) is 10.2 Å². The molecule has 7 nitrogen and oxygen atoms in total. The Bertz CT molecular complexity index is 1030. The monoisotopic (exact) mass is 415 g/mol. The van der Waals surface area contributed by atoms with Crippen LogP contribution in [0.4, 0.5) is 4.39 Å². The highest BCUT2D eigenvalue weighted by molar-refractivity contribution is 8.03. The first kappa shape index (κ1) is 20.4. The Labute approximate surface area is 170 Å². The lowest BCUT2D eigenvalue weighted by atomic mass is 10.2. The fourth-order valence-corrected chi connectivity index (χ4v) is 3.06. The molecular formula is C20H16FN2O5S-. The van der Waals surface area contributed by atoms with Gasteiger partial charge in [-0.2, -0.15) is 0 Å². The number of carboxylic acid groups (broad SMARTS) is 1. The van der Waals surface area contributed by atoms with Gasteiger partial charge in [0.25, 0.3) is 5.22 Å². The maximum atomic E-state index is 13.0. The van der Waals surface area contributed by atoms with Crippen molar-refractivity contribution in [3.05, 3.63) is 58.8 Å². The first-order valence-corrected chi connectivity index (χ1v) is 9.33. The van der Waals surface area contributed by atoms with Crippen LogP contribution in [0.3, 0.4) is 0 Å². The zero-order valence-corrected chi connectivity index (χ0v) is 16.4. The Morgan fingerprint density at radius 3 is 2.62 bits per heavy atom. The van der Waals surface area contributed by atoms with Crippen molar-refractivity contribution in [1.29, 1.82) is 0 Å². The lowest BCUT2D eigenvalue weighted by molar-refractivity contribution is -0.298. The molecule has 0 atom stereocenters. The number of methoxy groups -OCH3 is 1. The van der Waals surface area contributed by atoms with Crippen LogP contribution >= 0.6 is 11.8 Å². The van der Waals surface area contributed by atoms with Crippen LogP contribution in [0, 0.1) is 5.82 Å². The number of aromatic nitrogens is 2. The fraction of sp³-hybridized carbons (Fsp3) is 0.150. The molecular weight excluding hydrogens is 399 g/mol. The van der Waals surface area contributed by atoms with Crippen molar-refractivity contribution >= 4 is 23.8 Å². The molecule has 3 aromatic rings. The van der Waals surface area contributed by atoms with Crippen molar-refractivity contribution < 1.29 is 28.2 Å². The summed E-state index contributed by atoms with van der Waals surface area (Å²) in [7, 11) is 1.52. The van der Waals surface area contributed by atoms with E-state index in [2.05, 4.69) is 10.2 Å². The van der Waals surface area contributed by atoms with Crippen LogP contribution < -0.4 is 14.6 Å². The number of carbonyl (C=O) groups is 1. The van der Waals surface area contributed by atoms with Gasteiger partial charge in [-0.1, -0.05) is 6.07 Å². The molecule has 0 saturated carbocycles. The standard InChI is InChI=1S/C20H17FN2O5S/c1-3-27-16-10-12(4-9-15(16)26-2)11-17(19(24)25)29-20-23-22-18(28-20)13-5-7-14(21)8-6-13/h4-11H,3H2,1-2H3,(H,24,25)/p-1/b17-11+. The van der Waals surface area contributed by atoms with Gasteiger partial charge in [0.05, 0.1) is 19.7 Å². The van der Waals surface area contributed by atoms with Crippen molar-refractivity contribution in [3.63, 3.8) is 0 Å². The van der Waals surface area contributed by atoms with E-state index in [0.717, 1.165) is 11.8 Å². The quantitative estimate of drug-likeness (QED) is 0.409. The highest BCUT2D eigenvalue weighted by Gasteiger charge is 2.13. The van der Waals surface area contributed by atoms with Crippen LogP contribution in [0.2, 0.25) is 0 Å². The normalized spacial score (nSPS) is 11.3. The van der Waals surface area contributed by atoms with Crippen molar-refractivity contribution in [2.24, 2.45) is 0 Å². The lowest BCUT2D eigenvalue weighted by Crippen LogP contribution is -2.23. The van der Waals surface area contributed by atoms with Crippen molar-refractivity contribution in [2.45, 2.75) is 12.1 Å². The van der Waals surface area contributed by atoms with E-state index in [0.29, 0.717) is 29.2 Å². The largest absolute Gasteiger partial charge is 0.544 e. The van der Waals surface area contributed by atoms with E-state index in [1.165, 1.54) is 37.5 Å². The molecule has 0 N–H and O–H groups in total. The number of aliphatic carboxylic acids is 1. The van der Waals surface area contributed by atoms with Crippen molar-refractivity contribution in [1.82, 2.24) is 10.2 Å². The first-order chi connectivity index (χ1) is 14.0. The zero-order valence-electron chi connectivity index (χ0n) is 15.5. The number of ether oxygens (including phenoxy) is 2. The Hall–Kier alpha value is -3.33. The van der Waals surface area contributed by atoms with Gasteiger partial charge >= 0.3 is 0 Å². The molecule has 0 amide bonds. The molecule has 0 unspecified atom stereocenters. The smallest absolute Gasteiger partial charge is 0.281 e.